The molecule has 3 rings (SSSR count). The first-order valence-corrected chi connectivity index (χ1v) is 9.45. The van der Waals surface area contributed by atoms with E-state index in [-0.39, 0.29) is 18.2 Å². The zero-order chi connectivity index (χ0) is 17.6. The highest BCUT2D eigenvalue weighted by atomic mass is 32.1. The van der Waals surface area contributed by atoms with Crippen molar-refractivity contribution in [2.24, 2.45) is 0 Å². The molecule has 5 nitrogen and oxygen atoms in total. The summed E-state index contributed by atoms with van der Waals surface area (Å²) in [5.74, 6) is -0.206. The number of carbonyl (C=O) groups excluding carboxylic acids is 2. The van der Waals surface area contributed by atoms with Gasteiger partial charge in [0.25, 0.3) is 5.91 Å². The predicted molar refractivity (Wildman–Crippen MR) is 101 cm³/mol. The molecule has 0 radical (unpaired) electrons. The van der Waals surface area contributed by atoms with Gasteiger partial charge >= 0.3 is 0 Å². The van der Waals surface area contributed by atoms with Crippen LogP contribution in [0.15, 0.2) is 53.2 Å². The van der Waals surface area contributed by atoms with Crippen LogP contribution in [-0.4, -0.2) is 28.7 Å². The van der Waals surface area contributed by atoms with E-state index < -0.39 is 0 Å². The zero-order valence-corrected chi connectivity index (χ0v) is 15.3. The lowest BCUT2D eigenvalue weighted by Gasteiger charge is -2.15. The average molecular weight is 371 g/mol. The summed E-state index contributed by atoms with van der Waals surface area (Å²) in [5, 5.41) is 7.06. The van der Waals surface area contributed by atoms with Crippen molar-refractivity contribution in [3.8, 4) is 0 Å². The second-order valence-corrected chi connectivity index (χ2v) is 7.36. The van der Waals surface area contributed by atoms with Gasteiger partial charge in [-0.25, -0.2) is 4.98 Å². The summed E-state index contributed by atoms with van der Waals surface area (Å²) in [4.78, 5) is 31.6. The SMILES string of the molecule is CN(Cc1cccs1)C(=O)Cc1csc(NC(=O)c2ccccc2)n1. The summed E-state index contributed by atoms with van der Waals surface area (Å²) in [7, 11) is 1.78. The molecule has 0 fully saturated rings. The van der Waals surface area contributed by atoms with E-state index in [0.29, 0.717) is 22.9 Å². The Balaban J connectivity index is 1.56. The van der Waals surface area contributed by atoms with Crippen LogP contribution in [0.1, 0.15) is 20.9 Å². The van der Waals surface area contributed by atoms with Crippen LogP contribution >= 0.6 is 22.7 Å². The van der Waals surface area contributed by atoms with Gasteiger partial charge in [-0.1, -0.05) is 24.3 Å². The standard InChI is InChI=1S/C18H17N3O2S2/c1-21(11-15-8-5-9-24-15)16(22)10-14-12-25-18(19-14)20-17(23)13-6-3-2-4-7-13/h2-9,12H,10-11H2,1H3,(H,19,20,23). The Hall–Kier alpha value is -2.51. The fourth-order valence-electron chi connectivity index (χ4n) is 2.22. The number of nitrogens with one attached hydrogen (secondary N) is 1. The molecule has 0 aliphatic heterocycles. The molecule has 0 unspecified atom stereocenters. The van der Waals surface area contributed by atoms with Crippen LogP contribution in [0.2, 0.25) is 0 Å². The Bertz CT molecular complexity index is 844. The topological polar surface area (TPSA) is 62.3 Å². The van der Waals surface area contributed by atoms with Gasteiger partial charge in [0.15, 0.2) is 5.13 Å². The van der Waals surface area contributed by atoms with Gasteiger partial charge in [-0.05, 0) is 23.6 Å². The molecule has 128 valence electrons. The van der Waals surface area contributed by atoms with Crippen LogP contribution in [-0.2, 0) is 17.8 Å². The number of aromatic nitrogens is 1. The summed E-state index contributed by atoms with van der Waals surface area (Å²) < 4.78 is 0. The Kier molecular flexibility index (Phi) is 5.57. The minimum atomic E-state index is -0.206. The highest BCUT2D eigenvalue weighted by molar-refractivity contribution is 7.14. The highest BCUT2D eigenvalue weighted by Gasteiger charge is 2.14. The van der Waals surface area contributed by atoms with E-state index in [0.717, 1.165) is 4.88 Å². The quantitative estimate of drug-likeness (QED) is 0.719. The van der Waals surface area contributed by atoms with Crippen LogP contribution in [0.5, 0.6) is 0 Å². The Labute approximate surface area is 154 Å². The molecule has 3 aromatic rings. The number of rotatable bonds is 6. The Morgan fingerprint density at radius 2 is 1.92 bits per heavy atom. The van der Waals surface area contributed by atoms with E-state index >= 15 is 0 Å². The third-order valence-electron chi connectivity index (χ3n) is 3.54. The largest absolute Gasteiger partial charge is 0.340 e. The van der Waals surface area contributed by atoms with E-state index in [2.05, 4.69) is 10.3 Å². The van der Waals surface area contributed by atoms with E-state index in [1.165, 1.54) is 11.3 Å². The predicted octanol–water partition coefficient (Wildman–Crippen LogP) is 3.66. The lowest BCUT2D eigenvalue weighted by molar-refractivity contribution is -0.129. The molecule has 2 amide bonds. The van der Waals surface area contributed by atoms with Gasteiger partial charge in [0.05, 0.1) is 18.7 Å². The third-order valence-corrected chi connectivity index (χ3v) is 5.21. The second kappa shape index (κ2) is 8.04. The first-order chi connectivity index (χ1) is 12.1. The third kappa shape index (κ3) is 4.74. The number of nitrogens with zero attached hydrogens (tertiary/aromatic N) is 2. The minimum absolute atomic E-state index is 0.000337. The number of thiophene rings is 1. The van der Waals surface area contributed by atoms with Gasteiger partial charge in [-0.15, -0.1) is 22.7 Å². The molecule has 2 heterocycles. The molecule has 0 aliphatic carbocycles. The number of hydrogen-bond acceptors (Lipinski definition) is 5. The smallest absolute Gasteiger partial charge is 0.257 e. The number of benzene rings is 1. The highest BCUT2D eigenvalue weighted by Crippen LogP contribution is 2.18. The molecule has 0 spiro atoms. The van der Waals surface area contributed by atoms with Crippen molar-refractivity contribution in [1.82, 2.24) is 9.88 Å². The zero-order valence-electron chi connectivity index (χ0n) is 13.6. The lowest BCUT2D eigenvalue weighted by atomic mass is 10.2. The van der Waals surface area contributed by atoms with Crippen molar-refractivity contribution in [2.45, 2.75) is 13.0 Å². The minimum Gasteiger partial charge on any atom is -0.340 e. The van der Waals surface area contributed by atoms with E-state index in [1.54, 1.807) is 40.8 Å². The molecule has 0 bridgehead atoms. The molecule has 0 aliphatic rings. The molecule has 1 aromatic carbocycles. The van der Waals surface area contributed by atoms with Gasteiger partial charge in [-0.3, -0.25) is 14.9 Å². The van der Waals surface area contributed by atoms with E-state index in [1.807, 2.05) is 35.7 Å². The number of likely N-dealkylation sites (N-methyl/N-ethyl adjacent to an activating group) is 1. The second-order valence-electron chi connectivity index (χ2n) is 5.47. The average Bonchev–Trinajstić information content (AvgIpc) is 3.27. The van der Waals surface area contributed by atoms with Crippen LogP contribution in [0, 0.1) is 0 Å². The molecule has 0 saturated carbocycles. The summed E-state index contributed by atoms with van der Waals surface area (Å²) in [6.45, 7) is 0.595. The van der Waals surface area contributed by atoms with E-state index in [4.69, 9.17) is 0 Å². The monoisotopic (exact) mass is 371 g/mol. The summed E-state index contributed by atoms with van der Waals surface area (Å²) in [5.41, 5.74) is 1.24. The van der Waals surface area contributed by atoms with Crippen molar-refractivity contribution < 1.29 is 9.59 Å². The first kappa shape index (κ1) is 17.3. The maximum Gasteiger partial charge on any atom is 0.257 e. The van der Waals surface area contributed by atoms with Crippen LogP contribution in [0.4, 0.5) is 5.13 Å². The summed E-state index contributed by atoms with van der Waals surface area (Å²) >= 11 is 2.95. The molecule has 7 heteroatoms. The normalized spacial score (nSPS) is 10.4. The number of carbonyl (C=O) groups is 2. The van der Waals surface area contributed by atoms with Gasteiger partial charge in [0, 0.05) is 22.9 Å². The maximum atomic E-state index is 12.3. The van der Waals surface area contributed by atoms with Crippen molar-refractivity contribution >= 4 is 39.6 Å². The molecule has 0 saturated heterocycles. The van der Waals surface area contributed by atoms with Gasteiger partial charge in [0.1, 0.15) is 0 Å². The van der Waals surface area contributed by atoms with Gasteiger partial charge < -0.3 is 4.90 Å². The lowest BCUT2D eigenvalue weighted by Crippen LogP contribution is -2.27. The number of thiazole rings is 1. The number of anilines is 1. The molecule has 0 atom stereocenters. The summed E-state index contributed by atoms with van der Waals surface area (Å²) in [6, 6.07) is 12.9. The van der Waals surface area contributed by atoms with Gasteiger partial charge in [0.2, 0.25) is 5.91 Å². The Morgan fingerprint density at radius 1 is 1.12 bits per heavy atom. The van der Waals surface area contributed by atoms with Crippen LogP contribution < -0.4 is 5.32 Å². The molecular weight excluding hydrogens is 354 g/mol. The maximum absolute atomic E-state index is 12.3. The fourth-order valence-corrected chi connectivity index (χ4v) is 3.68. The van der Waals surface area contributed by atoms with Crippen molar-refractivity contribution in [3.63, 3.8) is 0 Å². The molecule has 25 heavy (non-hydrogen) atoms. The molecule has 1 N–H and O–H groups in total. The van der Waals surface area contributed by atoms with Crippen molar-refractivity contribution in [3.05, 3.63) is 69.4 Å². The summed E-state index contributed by atoms with van der Waals surface area (Å²) in [6.07, 6.45) is 0.222. The van der Waals surface area contributed by atoms with E-state index in [9.17, 15) is 9.59 Å². The number of amides is 2. The van der Waals surface area contributed by atoms with Crippen LogP contribution in [0.25, 0.3) is 0 Å². The molecular formula is C18H17N3O2S2. The van der Waals surface area contributed by atoms with Crippen molar-refractivity contribution in [1.29, 1.82) is 0 Å². The van der Waals surface area contributed by atoms with Crippen LogP contribution in [0.3, 0.4) is 0 Å². The molecule has 2 aromatic heterocycles. The van der Waals surface area contributed by atoms with Crippen molar-refractivity contribution in [2.75, 3.05) is 12.4 Å². The fraction of sp³-hybridized carbons (Fsp3) is 0.167. The first-order valence-electron chi connectivity index (χ1n) is 7.69. The Morgan fingerprint density at radius 3 is 2.64 bits per heavy atom. The number of hydrogen-bond donors (Lipinski definition) is 1. The van der Waals surface area contributed by atoms with Gasteiger partial charge in [-0.2, -0.15) is 0 Å².